The molecule has 0 heterocycles. The Kier molecular flexibility index (Phi) is 4.72. The summed E-state index contributed by atoms with van der Waals surface area (Å²) in [4.78, 5) is 0. The Morgan fingerprint density at radius 3 is 2.40 bits per heavy atom. The first-order valence-electron chi connectivity index (χ1n) is 4.83. The van der Waals surface area contributed by atoms with E-state index < -0.39 is 0 Å². The highest BCUT2D eigenvalue weighted by Gasteiger charge is 2.09. The van der Waals surface area contributed by atoms with Gasteiger partial charge in [0.1, 0.15) is 11.5 Å². The van der Waals surface area contributed by atoms with E-state index in [0.29, 0.717) is 17.3 Å². The van der Waals surface area contributed by atoms with Crippen molar-refractivity contribution in [3.63, 3.8) is 0 Å². The number of ether oxygens (including phenoxy) is 2. The van der Waals surface area contributed by atoms with E-state index >= 15 is 0 Å². The van der Waals surface area contributed by atoms with Crippen LogP contribution in [0.4, 0.5) is 0 Å². The molecule has 0 fully saturated rings. The van der Waals surface area contributed by atoms with E-state index in [1.54, 1.807) is 20.3 Å². The molecule has 0 aliphatic rings. The topological polar surface area (TPSA) is 44.5 Å². The molecule has 1 aromatic rings. The average molecular weight is 230 g/mol. The summed E-state index contributed by atoms with van der Waals surface area (Å²) in [7, 11) is 3.22. The predicted molar refractivity (Wildman–Crippen MR) is 61.9 cm³/mol. The number of rotatable bonds is 5. The molecule has 3 nitrogen and oxygen atoms in total. The predicted octanol–water partition coefficient (Wildman–Crippen LogP) is 2.25. The van der Waals surface area contributed by atoms with Crippen LogP contribution in [0, 0.1) is 0 Å². The molecular weight excluding hydrogens is 214 g/mol. The van der Waals surface area contributed by atoms with Crippen LogP contribution in [0.25, 0.3) is 0 Å². The van der Waals surface area contributed by atoms with Gasteiger partial charge in [-0.05, 0) is 31.0 Å². The van der Waals surface area contributed by atoms with E-state index in [-0.39, 0.29) is 0 Å². The molecule has 4 heteroatoms. The number of methoxy groups -OCH3 is 2. The van der Waals surface area contributed by atoms with Gasteiger partial charge in [0.2, 0.25) is 0 Å². The van der Waals surface area contributed by atoms with Gasteiger partial charge in [0, 0.05) is 6.07 Å². The van der Waals surface area contributed by atoms with Gasteiger partial charge in [0.15, 0.2) is 0 Å². The molecule has 0 amide bonds. The molecule has 0 saturated carbocycles. The average Bonchev–Trinajstić information content (AvgIpc) is 2.26. The summed E-state index contributed by atoms with van der Waals surface area (Å²) < 4.78 is 10.4. The highest BCUT2D eigenvalue weighted by molar-refractivity contribution is 6.32. The molecule has 1 aromatic carbocycles. The Balaban J connectivity index is 2.98. The molecule has 2 N–H and O–H groups in total. The molecule has 0 radical (unpaired) electrons. The Hall–Kier alpha value is -0.930. The Morgan fingerprint density at radius 2 is 1.87 bits per heavy atom. The van der Waals surface area contributed by atoms with Gasteiger partial charge in [-0.3, -0.25) is 0 Å². The van der Waals surface area contributed by atoms with E-state index in [9.17, 15) is 0 Å². The maximum atomic E-state index is 6.03. The van der Waals surface area contributed by atoms with E-state index in [2.05, 4.69) is 0 Å². The van der Waals surface area contributed by atoms with Gasteiger partial charge in [0.25, 0.3) is 0 Å². The van der Waals surface area contributed by atoms with Gasteiger partial charge < -0.3 is 15.2 Å². The summed E-state index contributed by atoms with van der Waals surface area (Å²) in [5.74, 6) is 1.43. The van der Waals surface area contributed by atoms with Gasteiger partial charge in [-0.25, -0.2) is 0 Å². The summed E-state index contributed by atoms with van der Waals surface area (Å²) in [6.07, 6.45) is 1.78. The molecule has 84 valence electrons. The fourth-order valence-electron chi connectivity index (χ4n) is 1.41. The highest BCUT2D eigenvalue weighted by Crippen LogP contribution is 2.32. The first kappa shape index (κ1) is 12.1. The molecule has 0 aliphatic carbocycles. The third kappa shape index (κ3) is 3.01. The van der Waals surface area contributed by atoms with Crippen molar-refractivity contribution in [2.24, 2.45) is 5.73 Å². The summed E-state index contributed by atoms with van der Waals surface area (Å²) in [6.45, 7) is 0.660. The van der Waals surface area contributed by atoms with Gasteiger partial charge >= 0.3 is 0 Å². The van der Waals surface area contributed by atoms with E-state index in [1.165, 1.54) is 0 Å². The minimum absolute atomic E-state index is 0.602. The summed E-state index contributed by atoms with van der Waals surface area (Å²) in [5.41, 5.74) is 6.53. The zero-order valence-electron chi connectivity index (χ0n) is 9.05. The molecule has 0 atom stereocenters. The molecule has 0 aromatic heterocycles. The summed E-state index contributed by atoms with van der Waals surface area (Å²) in [6, 6.07) is 3.67. The lowest BCUT2D eigenvalue weighted by atomic mass is 10.1. The second-order valence-corrected chi connectivity index (χ2v) is 3.60. The number of hydrogen-bond donors (Lipinski definition) is 1. The number of benzene rings is 1. The van der Waals surface area contributed by atoms with Crippen LogP contribution in [-0.4, -0.2) is 20.8 Å². The van der Waals surface area contributed by atoms with Crippen LogP contribution in [0.15, 0.2) is 12.1 Å². The zero-order valence-corrected chi connectivity index (χ0v) is 9.80. The normalized spacial score (nSPS) is 10.1. The van der Waals surface area contributed by atoms with Crippen LogP contribution < -0.4 is 15.2 Å². The van der Waals surface area contributed by atoms with Gasteiger partial charge in [0.05, 0.1) is 19.2 Å². The van der Waals surface area contributed by atoms with Gasteiger partial charge in [-0.2, -0.15) is 0 Å². The molecule has 0 aliphatic heterocycles. The first-order valence-corrected chi connectivity index (χ1v) is 5.21. The van der Waals surface area contributed by atoms with Crippen molar-refractivity contribution in [2.75, 3.05) is 20.8 Å². The molecule has 15 heavy (non-hydrogen) atoms. The van der Waals surface area contributed by atoms with Crippen molar-refractivity contribution in [1.82, 2.24) is 0 Å². The fourth-order valence-corrected chi connectivity index (χ4v) is 1.67. The minimum atomic E-state index is 0.602. The van der Waals surface area contributed by atoms with E-state index in [4.69, 9.17) is 26.8 Å². The van der Waals surface area contributed by atoms with E-state index in [1.807, 2.05) is 6.07 Å². The van der Waals surface area contributed by atoms with Crippen molar-refractivity contribution in [2.45, 2.75) is 12.8 Å². The van der Waals surface area contributed by atoms with Crippen molar-refractivity contribution in [3.05, 3.63) is 22.7 Å². The largest absolute Gasteiger partial charge is 0.496 e. The molecule has 1 rings (SSSR count). The van der Waals surface area contributed by atoms with Crippen LogP contribution in [0.2, 0.25) is 5.02 Å². The van der Waals surface area contributed by atoms with E-state index in [0.717, 1.165) is 24.2 Å². The lowest BCUT2D eigenvalue weighted by Gasteiger charge is -2.11. The van der Waals surface area contributed by atoms with Crippen molar-refractivity contribution < 1.29 is 9.47 Å². The van der Waals surface area contributed by atoms with Crippen molar-refractivity contribution >= 4 is 11.6 Å². The minimum Gasteiger partial charge on any atom is -0.496 e. The zero-order chi connectivity index (χ0) is 11.3. The number of nitrogens with two attached hydrogens (primary N) is 1. The maximum absolute atomic E-state index is 6.03. The molecule has 0 saturated heterocycles. The van der Waals surface area contributed by atoms with Crippen LogP contribution in [0.5, 0.6) is 11.5 Å². The summed E-state index contributed by atoms with van der Waals surface area (Å²) in [5, 5.41) is 0.602. The standard InChI is InChI=1S/C11H16ClNO2/c1-14-10-7-11(15-2)9(12)6-8(10)4-3-5-13/h6-7H,3-5,13H2,1-2H3. The molecule has 0 unspecified atom stereocenters. The maximum Gasteiger partial charge on any atom is 0.141 e. The monoisotopic (exact) mass is 229 g/mol. The SMILES string of the molecule is COc1cc(OC)c(CCCN)cc1Cl. The van der Waals surface area contributed by atoms with Gasteiger partial charge in [-0.1, -0.05) is 11.6 Å². The lowest BCUT2D eigenvalue weighted by Crippen LogP contribution is -2.02. The summed E-state index contributed by atoms with van der Waals surface area (Å²) >= 11 is 6.03. The molecule has 0 spiro atoms. The van der Waals surface area contributed by atoms with Crippen molar-refractivity contribution in [3.8, 4) is 11.5 Å². The smallest absolute Gasteiger partial charge is 0.141 e. The lowest BCUT2D eigenvalue weighted by molar-refractivity contribution is 0.391. The number of aryl methyl sites for hydroxylation is 1. The molecular formula is C11H16ClNO2. The second kappa shape index (κ2) is 5.83. The number of hydrogen-bond acceptors (Lipinski definition) is 3. The highest BCUT2D eigenvalue weighted by atomic mass is 35.5. The Bertz CT molecular complexity index is 329. The van der Waals surface area contributed by atoms with Crippen molar-refractivity contribution in [1.29, 1.82) is 0 Å². The van der Waals surface area contributed by atoms with Gasteiger partial charge in [-0.15, -0.1) is 0 Å². The van der Waals surface area contributed by atoms with Crippen LogP contribution in [0.3, 0.4) is 0 Å². The van der Waals surface area contributed by atoms with Crippen LogP contribution >= 0.6 is 11.6 Å². The molecule has 0 bridgehead atoms. The Labute approximate surface area is 95.1 Å². The van der Waals surface area contributed by atoms with Crippen LogP contribution in [-0.2, 0) is 6.42 Å². The first-order chi connectivity index (χ1) is 7.22. The fraction of sp³-hybridized carbons (Fsp3) is 0.455. The second-order valence-electron chi connectivity index (χ2n) is 3.19. The number of halogens is 1. The third-order valence-corrected chi connectivity index (χ3v) is 2.50. The quantitative estimate of drug-likeness (QED) is 0.842. The van der Waals surface area contributed by atoms with Crippen LogP contribution in [0.1, 0.15) is 12.0 Å². The third-order valence-electron chi connectivity index (χ3n) is 2.21. The Morgan fingerprint density at radius 1 is 1.20 bits per heavy atom.